The highest BCUT2D eigenvalue weighted by Crippen LogP contribution is 2.32. The van der Waals surface area contributed by atoms with E-state index in [1.807, 2.05) is 24.3 Å². The molecule has 1 amide bonds. The van der Waals surface area contributed by atoms with Gasteiger partial charge in [0.05, 0.1) is 22.7 Å². The lowest BCUT2D eigenvalue weighted by molar-refractivity contribution is -0.114. The van der Waals surface area contributed by atoms with Crippen LogP contribution >= 0.6 is 0 Å². The zero-order chi connectivity index (χ0) is 19.3. The fraction of sp³-hybridized carbons (Fsp3) is 0.263. The largest absolute Gasteiger partial charge is 0.300 e. The van der Waals surface area contributed by atoms with E-state index in [0.717, 1.165) is 11.6 Å². The number of Topliss-reactive ketones (excluding diaryl/α,β-unsaturated/α-hetero) is 1. The summed E-state index contributed by atoms with van der Waals surface area (Å²) in [5.74, 6) is -1.40. The standard InChI is InChI=1S/C19H20N2O4S/c1-19(2,3)13-6-4-12(5-7-13)11-21-16-9-8-14(26(20,24)25)10-15(16)17(22)18(21)23/h4-10H,11H2,1-3H3,(H2,20,24,25). The van der Waals surface area contributed by atoms with E-state index in [9.17, 15) is 18.0 Å². The number of benzene rings is 2. The number of ketones is 1. The van der Waals surface area contributed by atoms with Crippen LogP contribution < -0.4 is 10.0 Å². The Kier molecular flexibility index (Phi) is 4.24. The fourth-order valence-corrected chi connectivity index (χ4v) is 3.45. The van der Waals surface area contributed by atoms with Crippen molar-refractivity contribution in [2.75, 3.05) is 4.90 Å². The maximum absolute atomic E-state index is 12.3. The third-order valence-electron chi connectivity index (χ3n) is 4.43. The summed E-state index contributed by atoms with van der Waals surface area (Å²) in [5.41, 5.74) is 2.53. The number of nitrogens with two attached hydrogens (primary N) is 1. The second-order valence-electron chi connectivity index (χ2n) is 7.39. The number of sulfonamides is 1. The SMILES string of the molecule is CC(C)(C)c1ccc(CN2C(=O)C(=O)c3cc(S(N)(=O)=O)ccc32)cc1. The van der Waals surface area contributed by atoms with E-state index in [2.05, 4.69) is 20.8 Å². The summed E-state index contributed by atoms with van der Waals surface area (Å²) in [6.07, 6.45) is 0. The monoisotopic (exact) mass is 372 g/mol. The minimum Gasteiger partial charge on any atom is -0.300 e. The van der Waals surface area contributed by atoms with Gasteiger partial charge < -0.3 is 4.90 Å². The Morgan fingerprint density at radius 2 is 1.62 bits per heavy atom. The van der Waals surface area contributed by atoms with Crippen LogP contribution in [0.1, 0.15) is 42.3 Å². The first-order valence-corrected chi connectivity index (χ1v) is 9.65. The maximum atomic E-state index is 12.3. The Morgan fingerprint density at radius 1 is 1.00 bits per heavy atom. The van der Waals surface area contributed by atoms with Gasteiger partial charge >= 0.3 is 0 Å². The lowest BCUT2D eigenvalue weighted by atomic mass is 9.87. The van der Waals surface area contributed by atoms with Crippen LogP contribution in [0.4, 0.5) is 5.69 Å². The van der Waals surface area contributed by atoms with Crippen molar-refractivity contribution in [3.05, 3.63) is 59.2 Å². The first-order chi connectivity index (χ1) is 12.0. The van der Waals surface area contributed by atoms with E-state index in [1.165, 1.54) is 22.6 Å². The summed E-state index contributed by atoms with van der Waals surface area (Å²) in [6, 6.07) is 11.8. The smallest absolute Gasteiger partial charge is 0.299 e. The van der Waals surface area contributed by atoms with Crippen molar-refractivity contribution >= 4 is 27.4 Å². The van der Waals surface area contributed by atoms with Gasteiger partial charge in [0.1, 0.15) is 0 Å². The molecule has 136 valence electrons. The first-order valence-electron chi connectivity index (χ1n) is 8.11. The van der Waals surface area contributed by atoms with Crippen molar-refractivity contribution in [2.24, 2.45) is 5.14 Å². The second kappa shape index (κ2) is 6.03. The Morgan fingerprint density at radius 3 is 2.15 bits per heavy atom. The molecule has 0 saturated carbocycles. The highest BCUT2D eigenvalue weighted by Gasteiger charge is 2.36. The van der Waals surface area contributed by atoms with E-state index < -0.39 is 21.7 Å². The van der Waals surface area contributed by atoms with Crippen LogP contribution in [0.3, 0.4) is 0 Å². The summed E-state index contributed by atoms with van der Waals surface area (Å²) >= 11 is 0. The van der Waals surface area contributed by atoms with Gasteiger partial charge in [0.25, 0.3) is 11.7 Å². The van der Waals surface area contributed by atoms with E-state index >= 15 is 0 Å². The topological polar surface area (TPSA) is 97.5 Å². The Labute approximate surface area is 152 Å². The molecule has 2 aromatic rings. The van der Waals surface area contributed by atoms with Gasteiger partial charge in [0, 0.05) is 0 Å². The van der Waals surface area contributed by atoms with Crippen molar-refractivity contribution in [2.45, 2.75) is 37.6 Å². The van der Waals surface area contributed by atoms with Crippen LogP contribution in [0.15, 0.2) is 47.4 Å². The minimum absolute atomic E-state index is 0.0225. The average molecular weight is 372 g/mol. The second-order valence-corrected chi connectivity index (χ2v) is 8.95. The normalized spacial score (nSPS) is 14.7. The van der Waals surface area contributed by atoms with Crippen molar-refractivity contribution in [3.8, 4) is 0 Å². The highest BCUT2D eigenvalue weighted by molar-refractivity contribution is 7.89. The number of fused-ring (bicyclic) bond motifs is 1. The highest BCUT2D eigenvalue weighted by atomic mass is 32.2. The van der Waals surface area contributed by atoms with Gasteiger partial charge in [0.15, 0.2) is 0 Å². The number of anilines is 1. The molecule has 26 heavy (non-hydrogen) atoms. The summed E-state index contributed by atoms with van der Waals surface area (Å²) < 4.78 is 22.9. The number of carbonyl (C=O) groups is 2. The molecule has 7 heteroatoms. The number of hydrogen-bond acceptors (Lipinski definition) is 4. The number of carbonyl (C=O) groups excluding carboxylic acids is 2. The third-order valence-corrected chi connectivity index (χ3v) is 5.34. The number of nitrogens with zero attached hydrogens (tertiary/aromatic N) is 1. The van der Waals surface area contributed by atoms with Crippen molar-refractivity contribution < 1.29 is 18.0 Å². The predicted octanol–water partition coefficient (Wildman–Crippen LogP) is 2.36. The maximum Gasteiger partial charge on any atom is 0.299 e. The van der Waals surface area contributed by atoms with E-state index in [-0.39, 0.29) is 22.4 Å². The molecule has 1 aliphatic heterocycles. The molecule has 0 spiro atoms. The molecule has 6 nitrogen and oxygen atoms in total. The number of rotatable bonds is 3. The van der Waals surface area contributed by atoms with Gasteiger partial charge in [-0.3, -0.25) is 9.59 Å². The first kappa shape index (κ1) is 18.3. The molecule has 0 fully saturated rings. The Balaban J connectivity index is 1.93. The third kappa shape index (κ3) is 3.27. The van der Waals surface area contributed by atoms with Gasteiger partial charge in [-0.2, -0.15) is 0 Å². The van der Waals surface area contributed by atoms with Crippen LogP contribution in [0.25, 0.3) is 0 Å². The molecule has 0 atom stereocenters. The molecular weight excluding hydrogens is 352 g/mol. The minimum atomic E-state index is -3.94. The zero-order valence-electron chi connectivity index (χ0n) is 14.8. The molecule has 3 rings (SSSR count). The molecule has 1 heterocycles. The van der Waals surface area contributed by atoms with Gasteiger partial charge in [-0.25, -0.2) is 13.6 Å². The van der Waals surface area contributed by atoms with Gasteiger partial charge in [-0.05, 0) is 34.7 Å². The molecule has 1 aliphatic rings. The lowest BCUT2D eigenvalue weighted by Crippen LogP contribution is -2.29. The van der Waals surface area contributed by atoms with Gasteiger partial charge in [-0.1, -0.05) is 45.0 Å². The fourth-order valence-electron chi connectivity index (χ4n) is 2.91. The van der Waals surface area contributed by atoms with Gasteiger partial charge in [-0.15, -0.1) is 0 Å². The van der Waals surface area contributed by atoms with Crippen molar-refractivity contribution in [1.29, 1.82) is 0 Å². The van der Waals surface area contributed by atoms with E-state index in [0.29, 0.717) is 5.69 Å². The molecule has 2 N–H and O–H groups in total. The van der Waals surface area contributed by atoms with Crippen molar-refractivity contribution in [3.63, 3.8) is 0 Å². The molecule has 0 unspecified atom stereocenters. The van der Waals surface area contributed by atoms with Crippen LogP contribution in [0, 0.1) is 0 Å². The van der Waals surface area contributed by atoms with Gasteiger partial charge in [0.2, 0.25) is 10.0 Å². The van der Waals surface area contributed by atoms with Crippen molar-refractivity contribution in [1.82, 2.24) is 0 Å². The number of amides is 1. The molecule has 0 aromatic heterocycles. The zero-order valence-corrected chi connectivity index (χ0v) is 15.6. The molecule has 2 aromatic carbocycles. The molecular formula is C19H20N2O4S. The van der Waals surface area contributed by atoms with Crippen LogP contribution in [-0.2, 0) is 26.8 Å². The van der Waals surface area contributed by atoms with Crippen LogP contribution in [0.5, 0.6) is 0 Å². The number of primary sulfonamides is 1. The summed E-state index contributed by atoms with van der Waals surface area (Å²) in [6.45, 7) is 6.58. The van der Waals surface area contributed by atoms with Crippen LogP contribution in [-0.4, -0.2) is 20.1 Å². The molecule has 0 radical (unpaired) electrons. The molecule has 0 bridgehead atoms. The van der Waals surface area contributed by atoms with Crippen LogP contribution in [0.2, 0.25) is 0 Å². The van der Waals surface area contributed by atoms with E-state index in [1.54, 1.807) is 0 Å². The van der Waals surface area contributed by atoms with E-state index in [4.69, 9.17) is 5.14 Å². The summed E-state index contributed by atoms with van der Waals surface area (Å²) in [4.78, 5) is 25.8. The summed E-state index contributed by atoms with van der Waals surface area (Å²) in [7, 11) is -3.94. The Hall–Kier alpha value is -2.51. The Bertz CT molecular complexity index is 1000. The number of hydrogen-bond donors (Lipinski definition) is 1. The molecule has 0 saturated heterocycles. The predicted molar refractivity (Wildman–Crippen MR) is 98.5 cm³/mol. The molecule has 0 aliphatic carbocycles. The summed E-state index contributed by atoms with van der Waals surface area (Å²) in [5, 5.41) is 5.10. The quantitative estimate of drug-likeness (QED) is 0.836. The lowest BCUT2D eigenvalue weighted by Gasteiger charge is -2.20. The average Bonchev–Trinajstić information content (AvgIpc) is 2.78.